The van der Waals surface area contributed by atoms with E-state index in [9.17, 15) is 8.78 Å². The lowest BCUT2D eigenvalue weighted by Crippen LogP contribution is -2.33. The normalized spacial score (nSPS) is 16.3. The molecule has 0 unspecified atom stereocenters. The van der Waals surface area contributed by atoms with E-state index < -0.39 is 6.11 Å². The summed E-state index contributed by atoms with van der Waals surface area (Å²) in [4.78, 5) is 6.73. The molecule has 0 saturated carbocycles. The van der Waals surface area contributed by atoms with Crippen LogP contribution in [-0.4, -0.2) is 52.3 Å². The van der Waals surface area contributed by atoms with Crippen molar-refractivity contribution in [3.8, 4) is 17.0 Å². The monoisotopic (exact) mass is 401 g/mol. The topological polar surface area (TPSA) is 54.7 Å². The third kappa shape index (κ3) is 4.82. The predicted octanol–water partition coefficient (Wildman–Crippen LogP) is 4.14. The largest absolute Gasteiger partial charge is 0.433 e. The number of aromatic nitrogens is 3. The van der Waals surface area contributed by atoms with Crippen LogP contribution in [0.5, 0.6) is 5.75 Å². The van der Waals surface area contributed by atoms with E-state index >= 15 is 0 Å². The lowest BCUT2D eigenvalue weighted by Gasteiger charge is -2.29. The second kappa shape index (κ2) is 7.94. The maximum absolute atomic E-state index is 13.2. The Labute approximate surface area is 168 Å². The van der Waals surface area contributed by atoms with Crippen LogP contribution in [0, 0.1) is 5.92 Å². The van der Waals surface area contributed by atoms with Crippen molar-refractivity contribution < 1.29 is 13.5 Å². The fraction of sp³-hybridized carbons (Fsp3) is 0.429. The maximum atomic E-state index is 13.2. The zero-order valence-electron chi connectivity index (χ0n) is 16.6. The van der Waals surface area contributed by atoms with Gasteiger partial charge in [0.1, 0.15) is 11.6 Å². The van der Waals surface area contributed by atoms with E-state index in [0.29, 0.717) is 22.8 Å². The van der Waals surface area contributed by atoms with Gasteiger partial charge in [-0.2, -0.15) is 8.78 Å². The molecule has 6 nitrogen and oxygen atoms in total. The lowest BCUT2D eigenvalue weighted by molar-refractivity contribution is -0.158. The first kappa shape index (κ1) is 19.6. The van der Waals surface area contributed by atoms with E-state index in [1.165, 1.54) is 18.9 Å². The molecule has 3 aromatic rings. The zero-order valence-corrected chi connectivity index (χ0v) is 16.6. The highest BCUT2D eigenvalue weighted by Gasteiger charge is 2.23. The summed E-state index contributed by atoms with van der Waals surface area (Å²) in [7, 11) is 2.15. The van der Waals surface area contributed by atoms with Crippen molar-refractivity contribution in [1.82, 2.24) is 19.5 Å². The van der Waals surface area contributed by atoms with Crippen molar-refractivity contribution in [2.45, 2.75) is 25.9 Å². The van der Waals surface area contributed by atoms with Crippen molar-refractivity contribution in [1.29, 1.82) is 0 Å². The number of alkyl halides is 2. The molecule has 1 fully saturated rings. The second-order valence-electron chi connectivity index (χ2n) is 7.70. The molecule has 0 bridgehead atoms. The van der Waals surface area contributed by atoms with Gasteiger partial charge in [0.25, 0.3) is 0 Å². The van der Waals surface area contributed by atoms with E-state index in [-0.39, 0.29) is 5.75 Å². The number of anilines is 1. The minimum absolute atomic E-state index is 0.0986. The molecule has 1 saturated heterocycles. The molecule has 0 spiro atoms. The Kier molecular flexibility index (Phi) is 5.36. The number of hydrogen-bond acceptors (Lipinski definition) is 5. The quantitative estimate of drug-likeness (QED) is 0.673. The summed E-state index contributed by atoms with van der Waals surface area (Å²) < 4.78 is 32.8. The number of fused-ring (bicyclic) bond motifs is 1. The van der Waals surface area contributed by atoms with Gasteiger partial charge in [0.05, 0.1) is 11.9 Å². The van der Waals surface area contributed by atoms with Gasteiger partial charge >= 0.3 is 6.11 Å². The molecular weight excluding hydrogens is 376 g/mol. The number of nitrogens with one attached hydrogen (secondary N) is 1. The number of likely N-dealkylation sites (tertiary alicyclic amines) is 1. The van der Waals surface area contributed by atoms with Crippen LogP contribution in [0.2, 0.25) is 0 Å². The van der Waals surface area contributed by atoms with Gasteiger partial charge in [-0.25, -0.2) is 9.50 Å². The van der Waals surface area contributed by atoms with Crippen molar-refractivity contribution in [3.63, 3.8) is 0 Å². The Bertz CT molecular complexity index is 977. The molecule has 1 aromatic carbocycles. The first-order valence-electron chi connectivity index (χ1n) is 9.82. The highest BCUT2D eigenvalue weighted by molar-refractivity contribution is 5.65. The number of nitrogens with zero attached hydrogens (tertiary/aromatic N) is 4. The van der Waals surface area contributed by atoms with E-state index in [1.807, 2.05) is 18.2 Å². The summed E-state index contributed by atoms with van der Waals surface area (Å²) >= 11 is 0. The molecule has 2 aromatic heterocycles. The van der Waals surface area contributed by atoms with Gasteiger partial charge in [-0.3, -0.25) is 0 Å². The standard InChI is InChI=1S/C21H25F2N5O/c1-21(22,23)29-17-5-3-4-16(12-17)18-14-25-20-7-6-19(26-28(18)20)24-13-15-8-10-27(2)11-9-15/h3-7,12,14-15H,8-11,13H2,1-2H3,(H,24,26). The summed E-state index contributed by atoms with van der Waals surface area (Å²) in [6, 6.07) is 10.4. The Hall–Kier alpha value is -2.74. The number of hydrogen-bond donors (Lipinski definition) is 1. The molecule has 1 N–H and O–H groups in total. The average molecular weight is 401 g/mol. The summed E-state index contributed by atoms with van der Waals surface area (Å²) in [6.45, 7) is 3.85. The minimum Gasteiger partial charge on any atom is -0.433 e. The van der Waals surface area contributed by atoms with Crippen LogP contribution in [0.4, 0.5) is 14.6 Å². The molecule has 8 heteroatoms. The van der Waals surface area contributed by atoms with Crippen LogP contribution in [0.25, 0.3) is 16.9 Å². The SMILES string of the molecule is CN1CCC(CNc2ccc3ncc(-c4cccc(OC(C)(F)F)c4)n3n2)CC1. The second-order valence-corrected chi connectivity index (χ2v) is 7.70. The molecule has 3 heterocycles. The molecule has 0 radical (unpaired) electrons. The number of rotatable bonds is 6. The molecule has 1 aliphatic heterocycles. The highest BCUT2D eigenvalue weighted by Crippen LogP contribution is 2.28. The molecule has 29 heavy (non-hydrogen) atoms. The predicted molar refractivity (Wildman–Crippen MR) is 108 cm³/mol. The van der Waals surface area contributed by atoms with Crippen LogP contribution >= 0.6 is 0 Å². The Balaban J connectivity index is 1.54. The molecule has 0 atom stereocenters. The van der Waals surface area contributed by atoms with Crippen molar-refractivity contribution >= 4 is 11.5 Å². The summed E-state index contributed by atoms with van der Waals surface area (Å²) in [5, 5.41) is 8.09. The summed E-state index contributed by atoms with van der Waals surface area (Å²) in [5.41, 5.74) is 2.11. The van der Waals surface area contributed by atoms with E-state index in [1.54, 1.807) is 22.8 Å². The first-order valence-corrected chi connectivity index (χ1v) is 9.82. The van der Waals surface area contributed by atoms with E-state index in [0.717, 1.165) is 32.4 Å². The Morgan fingerprint density at radius 2 is 2.00 bits per heavy atom. The third-order valence-electron chi connectivity index (χ3n) is 5.20. The first-order chi connectivity index (χ1) is 13.9. The fourth-order valence-electron chi connectivity index (χ4n) is 3.61. The van der Waals surface area contributed by atoms with Crippen LogP contribution < -0.4 is 10.1 Å². The van der Waals surface area contributed by atoms with Gasteiger partial charge in [0.15, 0.2) is 5.65 Å². The minimum atomic E-state index is -3.23. The van der Waals surface area contributed by atoms with Gasteiger partial charge in [-0.05, 0) is 63.2 Å². The fourth-order valence-corrected chi connectivity index (χ4v) is 3.61. The van der Waals surface area contributed by atoms with Crippen LogP contribution in [0.15, 0.2) is 42.6 Å². The van der Waals surface area contributed by atoms with E-state index in [4.69, 9.17) is 4.74 Å². The van der Waals surface area contributed by atoms with Crippen LogP contribution in [0.3, 0.4) is 0 Å². The average Bonchev–Trinajstić information content (AvgIpc) is 3.10. The number of benzene rings is 1. The van der Waals surface area contributed by atoms with Gasteiger partial charge in [0, 0.05) is 19.0 Å². The summed E-state index contributed by atoms with van der Waals surface area (Å²) in [5.74, 6) is 1.50. The Morgan fingerprint density at radius 3 is 2.76 bits per heavy atom. The van der Waals surface area contributed by atoms with Gasteiger partial charge in [-0.1, -0.05) is 12.1 Å². The smallest absolute Gasteiger partial charge is 0.394 e. The lowest BCUT2D eigenvalue weighted by atomic mass is 9.97. The molecule has 1 aliphatic rings. The van der Waals surface area contributed by atoms with Crippen molar-refractivity contribution in [2.75, 3.05) is 32.0 Å². The van der Waals surface area contributed by atoms with Gasteiger partial charge in [0.2, 0.25) is 0 Å². The third-order valence-corrected chi connectivity index (χ3v) is 5.20. The van der Waals surface area contributed by atoms with Crippen molar-refractivity contribution in [3.05, 3.63) is 42.6 Å². The molecule has 4 rings (SSSR count). The number of ether oxygens (including phenoxy) is 1. The maximum Gasteiger partial charge on any atom is 0.394 e. The van der Waals surface area contributed by atoms with Crippen LogP contribution in [0.1, 0.15) is 19.8 Å². The zero-order chi connectivity index (χ0) is 20.4. The van der Waals surface area contributed by atoms with Crippen molar-refractivity contribution in [2.24, 2.45) is 5.92 Å². The number of piperidine rings is 1. The highest BCUT2D eigenvalue weighted by atomic mass is 19.3. The van der Waals surface area contributed by atoms with Crippen LogP contribution in [-0.2, 0) is 0 Å². The number of imidazole rings is 1. The number of halogens is 2. The van der Waals surface area contributed by atoms with Gasteiger partial charge in [-0.15, -0.1) is 5.10 Å². The van der Waals surface area contributed by atoms with Gasteiger partial charge < -0.3 is 15.0 Å². The molecular formula is C21H25F2N5O. The molecule has 0 amide bonds. The summed E-state index contributed by atoms with van der Waals surface area (Å²) in [6.07, 6.45) is 0.807. The van der Waals surface area contributed by atoms with E-state index in [2.05, 4.69) is 27.3 Å². The molecule has 0 aliphatic carbocycles. The Morgan fingerprint density at radius 1 is 1.21 bits per heavy atom. The molecule has 154 valence electrons.